The van der Waals surface area contributed by atoms with Gasteiger partial charge >= 0.3 is 12.1 Å². The van der Waals surface area contributed by atoms with Gasteiger partial charge in [-0.3, -0.25) is 9.69 Å². The van der Waals surface area contributed by atoms with Gasteiger partial charge in [0.15, 0.2) is 0 Å². The van der Waals surface area contributed by atoms with Crippen molar-refractivity contribution in [1.82, 2.24) is 0 Å². The highest BCUT2D eigenvalue weighted by molar-refractivity contribution is 5.87. The van der Waals surface area contributed by atoms with E-state index < -0.39 is 11.7 Å². The lowest BCUT2D eigenvalue weighted by Gasteiger charge is -2.24. The van der Waals surface area contributed by atoms with E-state index in [1.807, 2.05) is 20.8 Å². The summed E-state index contributed by atoms with van der Waals surface area (Å²) in [6, 6.07) is 7.14. The van der Waals surface area contributed by atoms with E-state index in [2.05, 4.69) is 4.74 Å². The third-order valence-corrected chi connectivity index (χ3v) is 2.89. The molecule has 0 saturated heterocycles. The van der Waals surface area contributed by atoms with E-state index in [1.165, 1.54) is 12.0 Å². The van der Waals surface area contributed by atoms with Crippen molar-refractivity contribution in [3.8, 4) is 5.75 Å². The van der Waals surface area contributed by atoms with Gasteiger partial charge in [-0.1, -0.05) is 6.07 Å². The zero-order valence-electron chi connectivity index (χ0n) is 14.4. The zero-order chi connectivity index (χ0) is 17.5. The van der Waals surface area contributed by atoms with Crippen molar-refractivity contribution in [2.75, 3.05) is 25.7 Å². The molecule has 1 aromatic carbocycles. The van der Waals surface area contributed by atoms with E-state index >= 15 is 0 Å². The van der Waals surface area contributed by atoms with Crippen LogP contribution in [-0.4, -0.2) is 38.4 Å². The Bertz CT molecular complexity index is 536. The topological polar surface area (TPSA) is 65.1 Å². The van der Waals surface area contributed by atoms with Gasteiger partial charge in [-0.2, -0.15) is 0 Å². The Morgan fingerprint density at radius 2 is 1.91 bits per heavy atom. The molecule has 23 heavy (non-hydrogen) atoms. The van der Waals surface area contributed by atoms with Crippen LogP contribution in [0, 0.1) is 0 Å². The van der Waals surface area contributed by atoms with E-state index in [1.54, 1.807) is 31.3 Å². The fourth-order valence-electron chi connectivity index (χ4n) is 1.73. The summed E-state index contributed by atoms with van der Waals surface area (Å²) in [5.74, 6) is 0.370. The molecule has 1 aromatic rings. The molecule has 6 nitrogen and oxygen atoms in total. The second-order valence-electron chi connectivity index (χ2n) is 6.06. The number of nitrogens with zero attached hydrogens (tertiary/aromatic N) is 1. The van der Waals surface area contributed by atoms with Crippen LogP contribution in [0.5, 0.6) is 5.75 Å². The van der Waals surface area contributed by atoms with Crippen LogP contribution < -0.4 is 9.64 Å². The lowest BCUT2D eigenvalue weighted by Crippen LogP contribution is -2.34. The minimum atomic E-state index is -0.548. The van der Waals surface area contributed by atoms with Crippen LogP contribution in [0.1, 0.15) is 33.6 Å². The normalized spacial score (nSPS) is 10.8. The highest BCUT2D eigenvalue weighted by atomic mass is 16.6. The smallest absolute Gasteiger partial charge is 0.414 e. The Balaban J connectivity index is 2.58. The van der Waals surface area contributed by atoms with Crippen LogP contribution >= 0.6 is 0 Å². The predicted molar refractivity (Wildman–Crippen MR) is 87.8 cm³/mol. The number of carbonyl (C=O) groups excluding carboxylic acids is 2. The van der Waals surface area contributed by atoms with Gasteiger partial charge in [0, 0.05) is 19.5 Å². The summed E-state index contributed by atoms with van der Waals surface area (Å²) >= 11 is 0. The maximum atomic E-state index is 12.1. The Kier molecular flexibility index (Phi) is 6.88. The number of benzene rings is 1. The highest BCUT2D eigenvalue weighted by Crippen LogP contribution is 2.22. The first-order valence-electron chi connectivity index (χ1n) is 7.49. The molecule has 0 aliphatic heterocycles. The number of carbonyl (C=O) groups is 2. The first-order valence-corrected chi connectivity index (χ1v) is 7.49. The Morgan fingerprint density at radius 3 is 2.52 bits per heavy atom. The van der Waals surface area contributed by atoms with Crippen LogP contribution in [0.3, 0.4) is 0 Å². The van der Waals surface area contributed by atoms with Gasteiger partial charge in [-0.15, -0.1) is 0 Å². The number of rotatable bonds is 6. The molecule has 1 amide bonds. The number of methoxy groups -OCH3 is 1. The number of anilines is 1. The molecule has 0 bridgehead atoms. The second-order valence-corrected chi connectivity index (χ2v) is 6.06. The SMILES string of the molecule is COC(=O)CCCOc1cccc(N(C)C(=O)OC(C)(C)C)c1. The molecule has 0 aliphatic rings. The summed E-state index contributed by atoms with van der Waals surface area (Å²) in [4.78, 5) is 24.5. The van der Waals surface area contributed by atoms with Crippen molar-refractivity contribution in [2.45, 2.75) is 39.2 Å². The minimum Gasteiger partial charge on any atom is -0.494 e. The molecule has 128 valence electrons. The Labute approximate surface area is 137 Å². The fraction of sp³-hybridized carbons (Fsp3) is 0.529. The average Bonchev–Trinajstić information content (AvgIpc) is 2.49. The maximum Gasteiger partial charge on any atom is 0.414 e. The van der Waals surface area contributed by atoms with Crippen LogP contribution in [0.4, 0.5) is 10.5 Å². The minimum absolute atomic E-state index is 0.257. The van der Waals surface area contributed by atoms with Crippen LogP contribution in [-0.2, 0) is 14.3 Å². The van der Waals surface area contributed by atoms with Gasteiger partial charge in [-0.05, 0) is 39.3 Å². The molecule has 0 aromatic heterocycles. The molecular formula is C17H25NO5. The van der Waals surface area contributed by atoms with Crippen molar-refractivity contribution in [2.24, 2.45) is 0 Å². The molecule has 0 fully saturated rings. The van der Waals surface area contributed by atoms with Gasteiger partial charge in [0.2, 0.25) is 0 Å². The molecule has 0 aliphatic carbocycles. The summed E-state index contributed by atoms with van der Waals surface area (Å²) in [7, 11) is 3.00. The standard InChI is InChI=1S/C17H25NO5/c1-17(2,3)23-16(20)18(4)13-8-6-9-14(12-13)22-11-7-10-15(19)21-5/h6,8-9,12H,7,10-11H2,1-5H3. The van der Waals surface area contributed by atoms with E-state index in [-0.39, 0.29) is 5.97 Å². The van der Waals surface area contributed by atoms with Crippen molar-refractivity contribution in [1.29, 1.82) is 0 Å². The predicted octanol–water partition coefficient (Wildman–Crippen LogP) is 3.39. The van der Waals surface area contributed by atoms with Crippen LogP contribution in [0.25, 0.3) is 0 Å². The van der Waals surface area contributed by atoms with Crippen molar-refractivity contribution >= 4 is 17.7 Å². The first-order chi connectivity index (χ1) is 10.7. The quantitative estimate of drug-likeness (QED) is 0.593. The number of hydrogen-bond acceptors (Lipinski definition) is 5. The van der Waals surface area contributed by atoms with Gasteiger partial charge in [0.25, 0.3) is 0 Å². The summed E-state index contributed by atoms with van der Waals surface area (Å²) in [5, 5.41) is 0. The summed E-state index contributed by atoms with van der Waals surface area (Å²) < 4.78 is 15.5. The van der Waals surface area contributed by atoms with Crippen LogP contribution in [0.15, 0.2) is 24.3 Å². The molecule has 0 atom stereocenters. The van der Waals surface area contributed by atoms with Crippen molar-refractivity contribution < 1.29 is 23.8 Å². The summed E-state index contributed by atoms with van der Waals surface area (Å²) in [6.45, 7) is 5.85. The molecule has 6 heteroatoms. The van der Waals surface area contributed by atoms with Gasteiger partial charge in [-0.25, -0.2) is 4.79 Å². The maximum absolute atomic E-state index is 12.1. The largest absolute Gasteiger partial charge is 0.494 e. The van der Waals surface area contributed by atoms with Gasteiger partial charge < -0.3 is 14.2 Å². The molecule has 0 saturated carbocycles. The Morgan fingerprint density at radius 1 is 1.22 bits per heavy atom. The van der Waals surface area contributed by atoms with E-state index in [0.29, 0.717) is 30.9 Å². The molecule has 1 rings (SSSR count). The zero-order valence-corrected chi connectivity index (χ0v) is 14.4. The first kappa shape index (κ1) is 18.8. The molecule has 0 N–H and O–H groups in total. The van der Waals surface area contributed by atoms with Gasteiger partial charge in [0.1, 0.15) is 11.4 Å². The van der Waals surface area contributed by atoms with Crippen LogP contribution in [0.2, 0.25) is 0 Å². The van der Waals surface area contributed by atoms with E-state index in [9.17, 15) is 9.59 Å². The lowest BCUT2D eigenvalue weighted by atomic mass is 10.2. The van der Waals surface area contributed by atoms with E-state index in [4.69, 9.17) is 9.47 Å². The number of esters is 1. The molecule has 0 spiro atoms. The molecular weight excluding hydrogens is 298 g/mol. The van der Waals surface area contributed by atoms with E-state index in [0.717, 1.165) is 0 Å². The molecule has 0 unspecified atom stereocenters. The molecule has 0 heterocycles. The summed E-state index contributed by atoms with van der Waals surface area (Å²) in [6.07, 6.45) is 0.452. The monoisotopic (exact) mass is 323 g/mol. The number of hydrogen-bond donors (Lipinski definition) is 0. The number of ether oxygens (including phenoxy) is 3. The molecule has 0 radical (unpaired) electrons. The Hall–Kier alpha value is -2.24. The summed E-state index contributed by atoms with van der Waals surface area (Å²) in [5.41, 5.74) is 0.123. The average molecular weight is 323 g/mol. The van der Waals surface area contributed by atoms with Crippen molar-refractivity contribution in [3.63, 3.8) is 0 Å². The third-order valence-electron chi connectivity index (χ3n) is 2.89. The number of amides is 1. The second kappa shape index (κ2) is 8.41. The fourth-order valence-corrected chi connectivity index (χ4v) is 1.73. The van der Waals surface area contributed by atoms with Gasteiger partial charge in [0.05, 0.1) is 19.4 Å². The van der Waals surface area contributed by atoms with Crippen molar-refractivity contribution in [3.05, 3.63) is 24.3 Å². The lowest BCUT2D eigenvalue weighted by molar-refractivity contribution is -0.140. The highest BCUT2D eigenvalue weighted by Gasteiger charge is 2.20. The third kappa shape index (κ3) is 7.04.